The van der Waals surface area contributed by atoms with Crippen LogP contribution in [0, 0.1) is 23.7 Å². The first-order valence-electron chi connectivity index (χ1n) is 13.6. The number of ether oxygens (including phenoxy) is 1. The highest BCUT2D eigenvalue weighted by Crippen LogP contribution is 2.50. The predicted octanol–water partition coefficient (Wildman–Crippen LogP) is 7.72. The molecule has 2 aliphatic carbocycles. The first kappa shape index (κ1) is 28.2. The molecule has 4 rings (SSSR count). The SMILES string of the molecule is CCCC#CC1=C(c2ccc(CNC(CF)CF)cn2)CC(C2CCC2)C(C)c2cc(OC(F)F)ccc21. The Kier molecular flexibility index (Phi) is 9.85. The van der Waals surface area contributed by atoms with Gasteiger partial charge in [0.2, 0.25) is 0 Å². The van der Waals surface area contributed by atoms with E-state index >= 15 is 0 Å². The van der Waals surface area contributed by atoms with Crippen molar-refractivity contribution in [1.82, 2.24) is 10.3 Å². The van der Waals surface area contributed by atoms with Crippen molar-refractivity contribution in [2.45, 2.75) is 77.5 Å². The Morgan fingerprint density at radius 1 is 1.13 bits per heavy atom. The van der Waals surface area contributed by atoms with E-state index in [0.29, 0.717) is 18.4 Å². The van der Waals surface area contributed by atoms with Crippen molar-refractivity contribution in [3.63, 3.8) is 0 Å². The largest absolute Gasteiger partial charge is 0.435 e. The number of aromatic nitrogens is 1. The van der Waals surface area contributed by atoms with Gasteiger partial charge in [-0.3, -0.25) is 4.98 Å². The normalized spacial score (nSPS) is 19.6. The van der Waals surface area contributed by atoms with Crippen LogP contribution >= 0.6 is 0 Å². The predicted molar refractivity (Wildman–Crippen MR) is 143 cm³/mol. The van der Waals surface area contributed by atoms with Crippen LogP contribution in [0.25, 0.3) is 11.1 Å². The number of fused-ring (bicyclic) bond motifs is 1. The minimum Gasteiger partial charge on any atom is -0.435 e. The monoisotopic (exact) mass is 528 g/mol. The summed E-state index contributed by atoms with van der Waals surface area (Å²) < 4.78 is 56.6. The minimum atomic E-state index is -2.88. The van der Waals surface area contributed by atoms with Crippen molar-refractivity contribution in [1.29, 1.82) is 0 Å². The first-order chi connectivity index (χ1) is 18.4. The van der Waals surface area contributed by atoms with Crippen LogP contribution in [0.5, 0.6) is 5.75 Å². The molecule has 38 heavy (non-hydrogen) atoms. The number of alkyl halides is 4. The number of benzene rings is 1. The van der Waals surface area contributed by atoms with Crippen LogP contribution in [0.4, 0.5) is 17.6 Å². The van der Waals surface area contributed by atoms with Crippen molar-refractivity contribution in [3.8, 4) is 17.6 Å². The zero-order valence-corrected chi connectivity index (χ0v) is 22.1. The lowest BCUT2D eigenvalue weighted by Crippen LogP contribution is -2.32. The van der Waals surface area contributed by atoms with Crippen LogP contribution in [0.1, 0.15) is 80.7 Å². The van der Waals surface area contributed by atoms with E-state index in [1.54, 1.807) is 18.3 Å². The van der Waals surface area contributed by atoms with E-state index in [4.69, 9.17) is 9.72 Å². The molecule has 7 heteroatoms. The van der Waals surface area contributed by atoms with E-state index in [1.165, 1.54) is 6.42 Å². The Morgan fingerprint density at radius 2 is 1.92 bits per heavy atom. The third-order valence-corrected chi connectivity index (χ3v) is 7.84. The fourth-order valence-electron chi connectivity index (χ4n) is 5.44. The lowest BCUT2D eigenvalue weighted by atomic mass is 9.67. The average Bonchev–Trinajstić information content (AvgIpc) is 2.99. The number of hydrogen-bond donors (Lipinski definition) is 1. The molecule has 204 valence electrons. The van der Waals surface area contributed by atoms with Crippen molar-refractivity contribution in [2.75, 3.05) is 13.3 Å². The van der Waals surface area contributed by atoms with Crippen molar-refractivity contribution >= 4 is 11.1 Å². The Hall–Kier alpha value is -2.85. The molecule has 0 spiro atoms. The van der Waals surface area contributed by atoms with Gasteiger partial charge < -0.3 is 10.1 Å². The van der Waals surface area contributed by atoms with Gasteiger partial charge in [0, 0.05) is 24.7 Å². The number of nitrogens with one attached hydrogen (secondary N) is 1. The van der Waals surface area contributed by atoms with Gasteiger partial charge in [0.05, 0.1) is 11.7 Å². The van der Waals surface area contributed by atoms with Crippen molar-refractivity contribution in [3.05, 3.63) is 58.9 Å². The summed E-state index contributed by atoms with van der Waals surface area (Å²) in [7, 11) is 0. The number of allylic oxidation sites excluding steroid dienone is 2. The molecule has 0 bridgehead atoms. The fraction of sp³-hybridized carbons (Fsp3) is 0.516. The van der Waals surface area contributed by atoms with Gasteiger partial charge in [0.15, 0.2) is 0 Å². The zero-order valence-electron chi connectivity index (χ0n) is 22.1. The molecule has 2 atom stereocenters. The molecule has 0 aliphatic heterocycles. The topological polar surface area (TPSA) is 34.2 Å². The number of nitrogens with zero attached hydrogens (tertiary/aromatic N) is 1. The summed E-state index contributed by atoms with van der Waals surface area (Å²) in [6, 6.07) is 8.27. The van der Waals surface area contributed by atoms with Crippen molar-refractivity contribution in [2.24, 2.45) is 11.8 Å². The van der Waals surface area contributed by atoms with Gasteiger partial charge in [-0.2, -0.15) is 8.78 Å². The first-order valence-corrected chi connectivity index (χ1v) is 13.6. The van der Waals surface area contributed by atoms with E-state index in [1.807, 2.05) is 18.2 Å². The third kappa shape index (κ3) is 6.58. The Bertz CT molecular complexity index is 1160. The molecule has 2 aliphatic rings. The zero-order chi connectivity index (χ0) is 27.1. The lowest BCUT2D eigenvalue weighted by Gasteiger charge is -2.37. The van der Waals surface area contributed by atoms with E-state index < -0.39 is 26.0 Å². The number of rotatable bonds is 10. The Morgan fingerprint density at radius 3 is 2.53 bits per heavy atom. The van der Waals surface area contributed by atoms with Gasteiger partial charge in [-0.1, -0.05) is 51.0 Å². The molecule has 1 aromatic heterocycles. The Labute approximate surface area is 223 Å². The molecule has 3 nitrogen and oxygen atoms in total. The van der Waals surface area contributed by atoms with E-state index in [-0.39, 0.29) is 11.7 Å². The molecule has 1 N–H and O–H groups in total. The maximum atomic E-state index is 13.0. The molecular weight excluding hydrogens is 492 g/mol. The standard InChI is InChI=1S/C31H36F4N2O/c1-3-4-5-9-25-26-12-11-24(38-31(34)35)14-28(26)20(2)27(22-7-6-8-22)15-29(25)30-13-10-21(19-37-30)18-36-23(16-32)17-33/h10-14,19-20,22-23,27,31,36H,3-4,6-8,15-18H2,1-2H3. The quantitative estimate of drug-likeness (QED) is 0.253. The van der Waals surface area contributed by atoms with Gasteiger partial charge in [-0.25, -0.2) is 8.78 Å². The summed E-state index contributed by atoms with van der Waals surface area (Å²) in [5, 5.41) is 2.87. The second-order valence-corrected chi connectivity index (χ2v) is 10.3. The molecule has 0 amide bonds. The van der Waals surface area contributed by atoms with Crippen molar-refractivity contribution < 1.29 is 22.3 Å². The number of halogens is 4. The highest BCUT2D eigenvalue weighted by molar-refractivity contribution is 5.99. The van der Waals surface area contributed by atoms with Gasteiger partial charge in [0.25, 0.3) is 0 Å². The fourth-order valence-corrected chi connectivity index (χ4v) is 5.44. The van der Waals surface area contributed by atoms with E-state index in [9.17, 15) is 17.6 Å². The summed E-state index contributed by atoms with van der Waals surface area (Å²) in [4.78, 5) is 4.77. The minimum absolute atomic E-state index is 0.138. The summed E-state index contributed by atoms with van der Waals surface area (Å²) in [6.07, 6.45) is 7.74. The summed E-state index contributed by atoms with van der Waals surface area (Å²) in [6.45, 7) is 0.179. The highest BCUT2D eigenvalue weighted by atomic mass is 19.3. The van der Waals surface area contributed by atoms with Gasteiger partial charge in [0.1, 0.15) is 19.1 Å². The second-order valence-electron chi connectivity index (χ2n) is 10.3. The highest BCUT2D eigenvalue weighted by Gasteiger charge is 2.37. The van der Waals surface area contributed by atoms with Gasteiger partial charge in [-0.05, 0) is 77.1 Å². The van der Waals surface area contributed by atoms with Crippen LogP contribution in [0.3, 0.4) is 0 Å². The molecule has 1 fully saturated rings. The van der Waals surface area contributed by atoms with Gasteiger partial charge >= 0.3 is 6.61 Å². The molecule has 0 radical (unpaired) electrons. The van der Waals surface area contributed by atoms with E-state index in [2.05, 4.69) is 31.0 Å². The summed E-state index contributed by atoms with van der Waals surface area (Å²) >= 11 is 0. The molecule has 0 saturated heterocycles. The van der Waals surface area contributed by atoms with Crippen LogP contribution in [-0.2, 0) is 6.54 Å². The summed E-state index contributed by atoms with van der Waals surface area (Å²) in [5.74, 6) is 7.89. The van der Waals surface area contributed by atoms with Gasteiger partial charge in [-0.15, -0.1) is 0 Å². The molecule has 2 unspecified atom stereocenters. The second kappa shape index (κ2) is 13.3. The number of pyridine rings is 1. The molecule has 1 aromatic carbocycles. The lowest BCUT2D eigenvalue weighted by molar-refractivity contribution is -0.0499. The smallest absolute Gasteiger partial charge is 0.387 e. The molecule has 1 heterocycles. The van der Waals surface area contributed by atoms with E-state index in [0.717, 1.165) is 65.6 Å². The number of hydrogen-bond acceptors (Lipinski definition) is 3. The summed E-state index contributed by atoms with van der Waals surface area (Å²) in [5.41, 5.74) is 5.54. The Balaban J connectivity index is 1.78. The molecule has 1 saturated carbocycles. The maximum absolute atomic E-state index is 13.0. The van der Waals surface area contributed by atoms with Crippen LogP contribution < -0.4 is 10.1 Å². The van der Waals surface area contributed by atoms with Crippen LogP contribution in [0.15, 0.2) is 36.5 Å². The third-order valence-electron chi connectivity index (χ3n) is 7.84. The van der Waals surface area contributed by atoms with Crippen LogP contribution in [-0.4, -0.2) is 31.0 Å². The number of unbranched alkanes of at least 4 members (excludes halogenated alkanes) is 1. The maximum Gasteiger partial charge on any atom is 0.387 e. The van der Waals surface area contributed by atoms with Crippen LogP contribution in [0.2, 0.25) is 0 Å². The average molecular weight is 529 g/mol. The molecular formula is C31H36F4N2O. The molecule has 2 aromatic rings.